The van der Waals surface area contributed by atoms with Gasteiger partial charge in [-0.25, -0.2) is 0 Å². The topological polar surface area (TPSA) is 131 Å². The molecule has 0 spiro atoms. The minimum atomic E-state index is -0.420. The molecule has 1 aliphatic rings. The highest BCUT2D eigenvalue weighted by Gasteiger charge is 2.29. The number of methoxy groups -OCH3 is 1. The molecule has 1 saturated heterocycles. The molecule has 1 atom stereocenters. The number of anilines is 2. The fourth-order valence-corrected chi connectivity index (χ4v) is 5.63. The molecule has 2 amide bonds. The van der Waals surface area contributed by atoms with Crippen molar-refractivity contribution in [1.29, 1.82) is 0 Å². The number of halogens is 1. The van der Waals surface area contributed by atoms with Gasteiger partial charge >= 0.3 is 5.97 Å². The van der Waals surface area contributed by atoms with Crippen LogP contribution in [-0.2, 0) is 16.1 Å². The average molecular weight is 626 g/mol. The summed E-state index contributed by atoms with van der Waals surface area (Å²) in [6.07, 6.45) is 6.39. The Labute approximate surface area is 265 Å². The fourth-order valence-electron chi connectivity index (χ4n) is 5.35. The lowest BCUT2D eigenvalue weighted by Gasteiger charge is -2.33. The van der Waals surface area contributed by atoms with Crippen molar-refractivity contribution in [2.24, 2.45) is 0 Å². The van der Waals surface area contributed by atoms with E-state index in [1.807, 2.05) is 25.1 Å². The van der Waals surface area contributed by atoms with Crippen LogP contribution in [-0.4, -0.2) is 58.6 Å². The number of nitrogens with one attached hydrogen (secondary N) is 2. The number of nitrogens with zero attached hydrogens (tertiary/aromatic N) is 3. The number of esters is 1. The zero-order valence-corrected chi connectivity index (χ0v) is 25.6. The van der Waals surface area contributed by atoms with E-state index in [9.17, 15) is 19.2 Å². The highest BCUT2D eigenvalue weighted by Crippen LogP contribution is 2.37. The Hall–Kier alpha value is -4.93. The fraction of sp³-hybridized carbons (Fsp3) is 0.235. The van der Waals surface area contributed by atoms with Gasteiger partial charge in [-0.05, 0) is 73.3 Å². The molecular weight excluding hydrogens is 594 g/mol. The zero-order valence-electron chi connectivity index (χ0n) is 24.9. The van der Waals surface area contributed by atoms with Crippen molar-refractivity contribution >= 4 is 47.0 Å². The van der Waals surface area contributed by atoms with E-state index in [0.29, 0.717) is 40.4 Å². The van der Waals surface area contributed by atoms with Gasteiger partial charge in [0.2, 0.25) is 0 Å². The zero-order chi connectivity index (χ0) is 31.9. The van der Waals surface area contributed by atoms with Crippen molar-refractivity contribution in [1.82, 2.24) is 14.9 Å². The number of hydrogen-bond donors (Lipinski definition) is 2. The van der Waals surface area contributed by atoms with E-state index < -0.39 is 11.8 Å². The molecule has 2 aromatic carbocycles. The Morgan fingerprint density at radius 2 is 1.58 bits per heavy atom. The molecular formula is C34H32ClN5O5. The van der Waals surface area contributed by atoms with Crippen molar-refractivity contribution in [3.05, 3.63) is 106 Å². The van der Waals surface area contributed by atoms with E-state index in [2.05, 4.69) is 25.5 Å². The standard InChI is InChI=1S/C34H32ClN5O5/c1-21-24(7-5-9-26(21)38-32(42)29-15-13-23(20-41)18-37-29)25-8-6-10-27(31(25)35)39-33(43)28-14-12-22(17-36-28)19-40-16-4-3-11-30(40)34(44)45-2/h5-10,12-15,17-18,20,30H,3-4,11,16,19H2,1-2H3,(H,38,42)(H,39,43)/t30-/m0/s1. The predicted molar refractivity (Wildman–Crippen MR) is 171 cm³/mol. The van der Waals surface area contributed by atoms with Gasteiger partial charge in [0.05, 0.1) is 17.8 Å². The summed E-state index contributed by atoms with van der Waals surface area (Å²) in [5.74, 6) is -1.07. The van der Waals surface area contributed by atoms with Crippen molar-refractivity contribution in [3.63, 3.8) is 0 Å². The normalized spacial score (nSPS) is 14.8. The summed E-state index contributed by atoms with van der Waals surface area (Å²) in [4.78, 5) is 59.5. The second-order valence-corrected chi connectivity index (χ2v) is 11.1. The van der Waals surface area contributed by atoms with Gasteiger partial charge in [0.1, 0.15) is 17.4 Å². The third-order valence-corrected chi connectivity index (χ3v) is 8.21. The predicted octanol–water partition coefficient (Wildman–Crippen LogP) is 5.95. The first-order valence-electron chi connectivity index (χ1n) is 14.5. The lowest BCUT2D eigenvalue weighted by Crippen LogP contribution is -2.44. The summed E-state index contributed by atoms with van der Waals surface area (Å²) in [5, 5.41) is 6.06. The largest absolute Gasteiger partial charge is 0.468 e. The first kappa shape index (κ1) is 31.5. The maximum atomic E-state index is 13.1. The Morgan fingerprint density at radius 3 is 2.22 bits per heavy atom. The molecule has 11 heteroatoms. The molecule has 10 nitrogen and oxygen atoms in total. The molecule has 0 unspecified atom stereocenters. The van der Waals surface area contributed by atoms with Gasteiger partial charge in [-0.15, -0.1) is 0 Å². The third kappa shape index (κ3) is 7.25. The maximum Gasteiger partial charge on any atom is 0.323 e. The molecule has 230 valence electrons. The van der Waals surface area contributed by atoms with E-state index >= 15 is 0 Å². The van der Waals surface area contributed by atoms with E-state index in [4.69, 9.17) is 16.3 Å². The number of likely N-dealkylation sites (tertiary alicyclic amines) is 1. The number of carbonyl (C=O) groups is 4. The van der Waals surface area contributed by atoms with Crippen molar-refractivity contribution in [2.75, 3.05) is 24.3 Å². The number of carbonyl (C=O) groups excluding carboxylic acids is 4. The molecule has 45 heavy (non-hydrogen) atoms. The number of rotatable bonds is 9. The van der Waals surface area contributed by atoms with E-state index in [1.165, 1.54) is 25.4 Å². The highest BCUT2D eigenvalue weighted by molar-refractivity contribution is 6.36. The first-order chi connectivity index (χ1) is 21.8. The quantitative estimate of drug-likeness (QED) is 0.172. The molecule has 0 aliphatic carbocycles. The van der Waals surface area contributed by atoms with Crippen molar-refractivity contribution < 1.29 is 23.9 Å². The van der Waals surface area contributed by atoms with Gasteiger partial charge in [0, 0.05) is 35.8 Å². The maximum absolute atomic E-state index is 13.1. The third-order valence-electron chi connectivity index (χ3n) is 7.80. The number of benzene rings is 2. The van der Waals surface area contributed by atoms with Crippen molar-refractivity contribution in [2.45, 2.75) is 38.8 Å². The average Bonchev–Trinajstić information content (AvgIpc) is 3.07. The first-order valence-corrected chi connectivity index (χ1v) is 14.9. The summed E-state index contributed by atoms with van der Waals surface area (Å²) in [6, 6.07) is 17.0. The summed E-state index contributed by atoms with van der Waals surface area (Å²) >= 11 is 6.81. The van der Waals surface area contributed by atoms with Crippen LogP contribution in [0.1, 0.15) is 61.7 Å². The summed E-state index contributed by atoms with van der Waals surface area (Å²) in [6.45, 7) is 3.18. The number of piperidine rings is 1. The molecule has 2 N–H and O–H groups in total. The van der Waals surface area contributed by atoms with Gasteiger partial charge in [-0.2, -0.15) is 0 Å². The van der Waals surface area contributed by atoms with E-state index in [-0.39, 0.29) is 23.4 Å². The SMILES string of the molecule is COC(=O)[C@@H]1CCCCN1Cc1ccc(C(=O)Nc2cccc(-c3cccc(NC(=O)c4ccc(C=O)cn4)c3C)c2Cl)nc1. The van der Waals surface area contributed by atoms with Crippen LogP contribution >= 0.6 is 11.6 Å². The van der Waals surface area contributed by atoms with E-state index in [1.54, 1.807) is 36.5 Å². The molecule has 3 heterocycles. The van der Waals surface area contributed by atoms with Crippen LogP contribution in [0.2, 0.25) is 5.02 Å². The van der Waals surface area contributed by atoms with Crippen LogP contribution in [0.5, 0.6) is 0 Å². The van der Waals surface area contributed by atoms with Crippen LogP contribution < -0.4 is 10.6 Å². The number of hydrogen-bond acceptors (Lipinski definition) is 8. The van der Waals surface area contributed by atoms with Gasteiger partial charge < -0.3 is 15.4 Å². The molecule has 1 fully saturated rings. The molecule has 0 saturated carbocycles. The number of aromatic nitrogens is 2. The molecule has 5 rings (SSSR count). The van der Waals surface area contributed by atoms with Gasteiger partial charge in [-0.3, -0.25) is 34.0 Å². The van der Waals surface area contributed by atoms with Crippen LogP contribution in [0.25, 0.3) is 11.1 Å². The second-order valence-electron chi connectivity index (χ2n) is 10.7. The summed E-state index contributed by atoms with van der Waals surface area (Å²) in [5.41, 5.74) is 4.83. The number of aldehydes is 1. The molecule has 4 aromatic rings. The second kappa shape index (κ2) is 14.2. The monoisotopic (exact) mass is 625 g/mol. The number of ether oxygens (including phenoxy) is 1. The van der Waals surface area contributed by atoms with Gasteiger partial charge in [-0.1, -0.05) is 48.4 Å². The lowest BCUT2D eigenvalue weighted by molar-refractivity contribution is -0.148. The molecule has 0 radical (unpaired) electrons. The van der Waals surface area contributed by atoms with Crippen LogP contribution in [0.4, 0.5) is 11.4 Å². The minimum absolute atomic E-state index is 0.173. The Balaban J connectivity index is 1.29. The van der Waals surface area contributed by atoms with Gasteiger partial charge in [0.25, 0.3) is 11.8 Å². The lowest BCUT2D eigenvalue weighted by atomic mass is 9.98. The Morgan fingerprint density at radius 1 is 0.911 bits per heavy atom. The minimum Gasteiger partial charge on any atom is -0.468 e. The molecule has 1 aliphatic heterocycles. The van der Waals surface area contributed by atoms with Crippen LogP contribution in [0.3, 0.4) is 0 Å². The Bertz CT molecular complexity index is 1730. The Kier molecular flexibility index (Phi) is 9.96. The van der Waals surface area contributed by atoms with Crippen molar-refractivity contribution in [3.8, 4) is 11.1 Å². The number of pyridine rings is 2. The van der Waals surface area contributed by atoms with Crippen LogP contribution in [0.15, 0.2) is 73.1 Å². The summed E-state index contributed by atoms with van der Waals surface area (Å²) in [7, 11) is 1.40. The number of amides is 2. The van der Waals surface area contributed by atoms with E-state index in [0.717, 1.165) is 42.5 Å². The van der Waals surface area contributed by atoms with Crippen LogP contribution in [0, 0.1) is 6.92 Å². The molecule has 0 bridgehead atoms. The highest BCUT2D eigenvalue weighted by atomic mass is 35.5. The molecule has 2 aromatic heterocycles. The van der Waals surface area contributed by atoms with Gasteiger partial charge in [0.15, 0.2) is 6.29 Å². The summed E-state index contributed by atoms with van der Waals surface area (Å²) < 4.78 is 4.97. The smallest absolute Gasteiger partial charge is 0.323 e.